The molecule has 0 saturated carbocycles. The molecule has 1 aromatic heterocycles. The molecule has 0 aliphatic carbocycles. The van der Waals surface area contributed by atoms with Gasteiger partial charge in [0.25, 0.3) is 0 Å². The van der Waals surface area contributed by atoms with Gasteiger partial charge in [-0.3, -0.25) is 0 Å². The molecular weight excluding hydrogens is 304 g/mol. The Kier molecular flexibility index (Phi) is 4.09. The van der Waals surface area contributed by atoms with Crippen LogP contribution in [0.25, 0.3) is 11.4 Å². The monoisotopic (exact) mass is 320 g/mol. The second-order valence-electron chi connectivity index (χ2n) is 5.15. The SMILES string of the molecule is Nc1nc(-c2ccccc2)n([C@@H]2O[C@H](CO)[C@@H](O)[C@H]2O)c(=O)n1. The molecule has 122 valence electrons. The minimum atomic E-state index is -1.42. The van der Waals surface area contributed by atoms with Gasteiger partial charge in [-0.1, -0.05) is 30.3 Å². The molecule has 1 saturated heterocycles. The van der Waals surface area contributed by atoms with Gasteiger partial charge in [0.15, 0.2) is 6.23 Å². The lowest BCUT2D eigenvalue weighted by Crippen LogP contribution is -2.37. The molecule has 2 aromatic rings. The predicted octanol–water partition coefficient (Wildman–Crippen LogP) is -1.50. The first-order valence-corrected chi connectivity index (χ1v) is 6.97. The van der Waals surface area contributed by atoms with Crippen LogP contribution in [0.15, 0.2) is 35.1 Å². The van der Waals surface area contributed by atoms with Crippen molar-refractivity contribution in [3.8, 4) is 11.4 Å². The minimum Gasteiger partial charge on any atom is -0.394 e. The largest absolute Gasteiger partial charge is 0.394 e. The number of nitrogen functional groups attached to an aromatic ring is 1. The topological polar surface area (TPSA) is 144 Å². The summed E-state index contributed by atoms with van der Waals surface area (Å²) in [6.07, 6.45) is -4.99. The van der Waals surface area contributed by atoms with Crippen molar-refractivity contribution in [2.24, 2.45) is 0 Å². The highest BCUT2D eigenvalue weighted by Crippen LogP contribution is 2.31. The van der Waals surface area contributed by atoms with Crippen LogP contribution < -0.4 is 11.4 Å². The van der Waals surface area contributed by atoms with Crippen LogP contribution in [0.5, 0.6) is 0 Å². The van der Waals surface area contributed by atoms with E-state index in [4.69, 9.17) is 10.5 Å². The molecule has 0 bridgehead atoms. The highest BCUT2D eigenvalue weighted by molar-refractivity contribution is 5.56. The number of benzene rings is 1. The van der Waals surface area contributed by atoms with E-state index in [0.717, 1.165) is 4.57 Å². The number of aromatic nitrogens is 3. The molecule has 9 nitrogen and oxygen atoms in total. The number of hydrogen-bond acceptors (Lipinski definition) is 8. The second kappa shape index (κ2) is 6.05. The van der Waals surface area contributed by atoms with Gasteiger partial charge in [-0.05, 0) is 0 Å². The maximum atomic E-state index is 12.3. The summed E-state index contributed by atoms with van der Waals surface area (Å²) in [7, 11) is 0. The zero-order valence-electron chi connectivity index (χ0n) is 12.0. The molecule has 0 radical (unpaired) electrons. The van der Waals surface area contributed by atoms with Crippen LogP contribution in [0.1, 0.15) is 6.23 Å². The Morgan fingerprint density at radius 3 is 2.48 bits per heavy atom. The first-order valence-electron chi connectivity index (χ1n) is 6.97. The maximum Gasteiger partial charge on any atom is 0.354 e. The smallest absolute Gasteiger partial charge is 0.354 e. The lowest BCUT2D eigenvalue weighted by Gasteiger charge is -2.20. The zero-order chi connectivity index (χ0) is 16.6. The number of rotatable bonds is 3. The molecule has 1 fully saturated rings. The van der Waals surface area contributed by atoms with Gasteiger partial charge >= 0.3 is 5.69 Å². The third-order valence-corrected chi connectivity index (χ3v) is 3.67. The average Bonchev–Trinajstić information content (AvgIpc) is 2.83. The van der Waals surface area contributed by atoms with E-state index in [2.05, 4.69) is 9.97 Å². The van der Waals surface area contributed by atoms with Crippen LogP contribution in [0.3, 0.4) is 0 Å². The van der Waals surface area contributed by atoms with Crippen molar-refractivity contribution in [3.05, 3.63) is 40.8 Å². The van der Waals surface area contributed by atoms with Crippen molar-refractivity contribution >= 4 is 5.95 Å². The van der Waals surface area contributed by atoms with E-state index in [1.54, 1.807) is 30.3 Å². The van der Waals surface area contributed by atoms with Gasteiger partial charge in [-0.25, -0.2) is 9.36 Å². The fourth-order valence-electron chi connectivity index (χ4n) is 2.54. The average molecular weight is 320 g/mol. The van der Waals surface area contributed by atoms with Crippen LogP contribution >= 0.6 is 0 Å². The van der Waals surface area contributed by atoms with Gasteiger partial charge in [0.05, 0.1) is 6.61 Å². The molecule has 0 unspecified atom stereocenters. The van der Waals surface area contributed by atoms with Gasteiger partial charge in [0.1, 0.15) is 24.1 Å². The van der Waals surface area contributed by atoms with Crippen molar-refractivity contribution < 1.29 is 20.1 Å². The summed E-state index contributed by atoms with van der Waals surface area (Å²) in [5.74, 6) is -0.0604. The molecule has 2 heterocycles. The van der Waals surface area contributed by atoms with Crippen LogP contribution in [0, 0.1) is 0 Å². The van der Waals surface area contributed by atoms with Crippen molar-refractivity contribution in [2.75, 3.05) is 12.3 Å². The summed E-state index contributed by atoms with van der Waals surface area (Å²) in [6, 6.07) is 8.71. The Balaban J connectivity index is 2.15. The standard InChI is InChI=1S/C14H16N4O5/c15-13-16-11(7-4-2-1-3-5-7)18(14(22)17-13)12-10(21)9(20)8(6-19)23-12/h1-5,8-10,12,19-21H,6H2,(H2,15,17,22)/t8-,9-,10-,12-/m1/s1. The first-order chi connectivity index (χ1) is 11.0. The fourth-order valence-corrected chi connectivity index (χ4v) is 2.54. The van der Waals surface area contributed by atoms with Crippen molar-refractivity contribution in [2.45, 2.75) is 24.5 Å². The number of anilines is 1. The third-order valence-electron chi connectivity index (χ3n) is 3.67. The van der Waals surface area contributed by atoms with Gasteiger partial charge in [0.2, 0.25) is 5.95 Å². The van der Waals surface area contributed by atoms with E-state index in [-0.39, 0.29) is 11.8 Å². The highest BCUT2D eigenvalue weighted by atomic mass is 16.6. The summed E-state index contributed by atoms with van der Waals surface area (Å²) >= 11 is 0. The normalized spacial score (nSPS) is 27.3. The number of ether oxygens (including phenoxy) is 1. The number of nitrogens with two attached hydrogens (primary N) is 1. The Morgan fingerprint density at radius 1 is 1.17 bits per heavy atom. The molecule has 1 aliphatic heterocycles. The van der Waals surface area contributed by atoms with Gasteiger partial charge in [0, 0.05) is 5.56 Å². The Hall–Kier alpha value is -2.33. The van der Waals surface area contributed by atoms with E-state index in [0.29, 0.717) is 5.56 Å². The summed E-state index contributed by atoms with van der Waals surface area (Å²) in [5, 5.41) is 29.2. The Bertz CT molecular complexity index is 751. The quantitative estimate of drug-likeness (QED) is 0.535. The molecule has 9 heteroatoms. The maximum absolute atomic E-state index is 12.3. The summed E-state index contributed by atoms with van der Waals surface area (Å²) in [5.41, 5.74) is 5.35. The number of nitrogens with zero attached hydrogens (tertiary/aromatic N) is 3. The van der Waals surface area contributed by atoms with Gasteiger partial charge < -0.3 is 25.8 Å². The molecule has 5 N–H and O–H groups in total. The Labute approximate surface area is 130 Å². The predicted molar refractivity (Wildman–Crippen MR) is 79.1 cm³/mol. The fraction of sp³-hybridized carbons (Fsp3) is 0.357. The van der Waals surface area contributed by atoms with Crippen molar-refractivity contribution in [3.63, 3.8) is 0 Å². The van der Waals surface area contributed by atoms with Crippen LogP contribution in [-0.4, -0.2) is 54.8 Å². The summed E-state index contributed by atoms with van der Waals surface area (Å²) < 4.78 is 6.42. The molecule has 4 atom stereocenters. The number of hydrogen-bond donors (Lipinski definition) is 4. The van der Waals surface area contributed by atoms with Crippen LogP contribution in [0.2, 0.25) is 0 Å². The van der Waals surface area contributed by atoms with E-state index < -0.39 is 36.8 Å². The molecular formula is C14H16N4O5. The zero-order valence-corrected chi connectivity index (χ0v) is 12.0. The van der Waals surface area contributed by atoms with Gasteiger partial charge in [-0.2, -0.15) is 9.97 Å². The number of aliphatic hydroxyl groups excluding tert-OH is 3. The molecule has 3 rings (SSSR count). The molecule has 23 heavy (non-hydrogen) atoms. The van der Waals surface area contributed by atoms with Gasteiger partial charge in [-0.15, -0.1) is 0 Å². The van der Waals surface area contributed by atoms with Crippen molar-refractivity contribution in [1.29, 1.82) is 0 Å². The van der Waals surface area contributed by atoms with Crippen LogP contribution in [-0.2, 0) is 4.74 Å². The summed E-state index contributed by atoms with van der Waals surface area (Å²) in [6.45, 7) is -0.500. The van der Waals surface area contributed by atoms with Crippen LogP contribution in [0.4, 0.5) is 5.95 Å². The third kappa shape index (κ3) is 2.70. The molecule has 1 aliphatic rings. The second-order valence-corrected chi connectivity index (χ2v) is 5.15. The lowest BCUT2D eigenvalue weighted by molar-refractivity contribution is -0.0545. The molecule has 0 amide bonds. The molecule has 1 aromatic carbocycles. The van der Waals surface area contributed by atoms with E-state index in [1.165, 1.54) is 0 Å². The summed E-state index contributed by atoms with van der Waals surface area (Å²) in [4.78, 5) is 19.9. The van der Waals surface area contributed by atoms with E-state index in [1.807, 2.05) is 0 Å². The first kappa shape index (κ1) is 15.6. The lowest BCUT2D eigenvalue weighted by atomic mass is 10.1. The Morgan fingerprint density at radius 2 is 1.87 bits per heavy atom. The molecule has 0 spiro atoms. The van der Waals surface area contributed by atoms with Crippen molar-refractivity contribution in [1.82, 2.24) is 14.5 Å². The highest BCUT2D eigenvalue weighted by Gasteiger charge is 2.44. The van der Waals surface area contributed by atoms with E-state index in [9.17, 15) is 20.1 Å². The minimum absolute atomic E-state index is 0.151. The number of aliphatic hydroxyl groups is 3. The van der Waals surface area contributed by atoms with E-state index >= 15 is 0 Å².